The van der Waals surface area contributed by atoms with Gasteiger partial charge in [-0.05, 0) is 67.2 Å². The Kier molecular flexibility index (Phi) is 6.89. The maximum Gasteiger partial charge on any atom is 0.173 e. The first kappa shape index (κ1) is 21.0. The molecule has 0 fully saturated rings. The number of rotatable bonds is 7. The Hall–Kier alpha value is -3.25. The molecule has 1 aliphatic heterocycles. The van der Waals surface area contributed by atoms with Gasteiger partial charge >= 0.3 is 0 Å². The molecule has 0 saturated carbocycles. The number of benzene rings is 3. The van der Waals surface area contributed by atoms with E-state index in [9.17, 15) is 0 Å². The van der Waals surface area contributed by atoms with Crippen LogP contribution in [0, 0.1) is 0 Å². The molecule has 1 aliphatic rings. The standard InChI is InChI=1S/C25H26N2O3S/c1-2-16-27(17-22-18-28-23-10-6-7-11-24(23)30-22)25(31)26-19-12-14-21(15-13-19)29-20-8-4-3-5-9-20/h3-15,22H,2,16-18H2,1H3,(H,26,31). The van der Waals surface area contributed by atoms with Gasteiger partial charge in [-0.3, -0.25) is 0 Å². The second-order valence-electron chi connectivity index (χ2n) is 7.31. The van der Waals surface area contributed by atoms with E-state index in [1.54, 1.807) is 0 Å². The number of hydrogen-bond donors (Lipinski definition) is 1. The molecule has 31 heavy (non-hydrogen) atoms. The fraction of sp³-hybridized carbons (Fsp3) is 0.240. The number of para-hydroxylation sites is 3. The van der Waals surface area contributed by atoms with Crippen LogP contribution >= 0.6 is 12.2 Å². The third kappa shape index (κ3) is 5.67. The highest BCUT2D eigenvalue weighted by Crippen LogP contribution is 2.31. The summed E-state index contributed by atoms with van der Waals surface area (Å²) in [6, 6.07) is 25.3. The maximum atomic E-state index is 6.11. The number of ether oxygens (including phenoxy) is 3. The lowest BCUT2D eigenvalue weighted by atomic mass is 10.2. The summed E-state index contributed by atoms with van der Waals surface area (Å²) in [7, 11) is 0. The molecule has 6 heteroatoms. The lowest BCUT2D eigenvalue weighted by Crippen LogP contribution is -2.45. The van der Waals surface area contributed by atoms with E-state index in [1.165, 1.54) is 0 Å². The Balaban J connectivity index is 1.35. The van der Waals surface area contributed by atoms with Crippen LogP contribution in [0.3, 0.4) is 0 Å². The second-order valence-corrected chi connectivity index (χ2v) is 7.70. The largest absolute Gasteiger partial charge is 0.486 e. The van der Waals surface area contributed by atoms with Crippen LogP contribution in [-0.4, -0.2) is 35.8 Å². The molecular formula is C25H26N2O3S. The first-order valence-corrected chi connectivity index (χ1v) is 10.9. The number of anilines is 1. The Morgan fingerprint density at radius 2 is 1.65 bits per heavy atom. The lowest BCUT2D eigenvalue weighted by Gasteiger charge is -2.32. The zero-order valence-electron chi connectivity index (χ0n) is 17.5. The number of thiocarbonyl (C=S) groups is 1. The minimum absolute atomic E-state index is 0.0807. The molecule has 1 unspecified atom stereocenters. The fourth-order valence-electron chi connectivity index (χ4n) is 3.38. The lowest BCUT2D eigenvalue weighted by molar-refractivity contribution is 0.0746. The Labute approximate surface area is 188 Å². The molecule has 1 N–H and O–H groups in total. The van der Waals surface area contributed by atoms with Crippen molar-refractivity contribution >= 4 is 23.0 Å². The molecule has 1 heterocycles. The molecular weight excluding hydrogens is 408 g/mol. The summed E-state index contributed by atoms with van der Waals surface area (Å²) >= 11 is 5.69. The van der Waals surface area contributed by atoms with Gasteiger partial charge in [0.15, 0.2) is 22.7 Å². The van der Waals surface area contributed by atoms with E-state index in [0.29, 0.717) is 18.3 Å². The van der Waals surface area contributed by atoms with Crippen LogP contribution < -0.4 is 19.5 Å². The summed E-state index contributed by atoms with van der Waals surface area (Å²) in [5, 5.41) is 4.00. The van der Waals surface area contributed by atoms with Crippen LogP contribution in [0.2, 0.25) is 0 Å². The highest BCUT2D eigenvalue weighted by atomic mass is 32.1. The predicted molar refractivity (Wildman–Crippen MR) is 127 cm³/mol. The Morgan fingerprint density at radius 1 is 0.968 bits per heavy atom. The van der Waals surface area contributed by atoms with Gasteiger partial charge in [-0.2, -0.15) is 0 Å². The maximum absolute atomic E-state index is 6.11. The summed E-state index contributed by atoms with van der Waals surface area (Å²) in [5.74, 6) is 3.16. The average molecular weight is 435 g/mol. The van der Waals surface area contributed by atoms with Crippen molar-refractivity contribution < 1.29 is 14.2 Å². The zero-order valence-corrected chi connectivity index (χ0v) is 18.3. The fourth-order valence-corrected chi connectivity index (χ4v) is 3.66. The van der Waals surface area contributed by atoms with Crippen molar-refractivity contribution in [2.24, 2.45) is 0 Å². The summed E-state index contributed by atoms with van der Waals surface area (Å²) < 4.78 is 17.8. The van der Waals surface area contributed by atoms with E-state index in [1.807, 2.05) is 78.9 Å². The van der Waals surface area contributed by atoms with Gasteiger partial charge in [-0.1, -0.05) is 37.3 Å². The molecule has 0 aliphatic carbocycles. The van der Waals surface area contributed by atoms with Crippen LogP contribution in [0.1, 0.15) is 13.3 Å². The summed E-state index contributed by atoms with van der Waals surface area (Å²) in [6.07, 6.45) is 0.901. The molecule has 160 valence electrons. The van der Waals surface area contributed by atoms with Crippen LogP contribution in [-0.2, 0) is 0 Å². The zero-order chi connectivity index (χ0) is 21.5. The molecule has 3 aromatic rings. The SMILES string of the molecule is CCCN(CC1COc2ccccc2O1)C(=S)Nc1ccc(Oc2ccccc2)cc1. The van der Waals surface area contributed by atoms with E-state index in [2.05, 4.69) is 17.1 Å². The summed E-state index contributed by atoms with van der Waals surface area (Å²) in [4.78, 5) is 2.13. The minimum Gasteiger partial charge on any atom is -0.486 e. The number of nitrogens with zero attached hydrogens (tertiary/aromatic N) is 1. The van der Waals surface area contributed by atoms with Crippen LogP contribution in [0.25, 0.3) is 0 Å². The number of fused-ring (bicyclic) bond motifs is 1. The third-order valence-corrected chi connectivity index (χ3v) is 5.22. The van der Waals surface area contributed by atoms with Gasteiger partial charge in [0.25, 0.3) is 0 Å². The highest BCUT2D eigenvalue weighted by Gasteiger charge is 2.24. The van der Waals surface area contributed by atoms with Crippen molar-refractivity contribution in [2.75, 3.05) is 25.0 Å². The molecule has 0 amide bonds. The molecule has 0 bridgehead atoms. The summed E-state index contributed by atoms with van der Waals surface area (Å²) in [5.41, 5.74) is 0.915. The molecule has 0 saturated heterocycles. The van der Waals surface area contributed by atoms with Gasteiger partial charge < -0.3 is 24.4 Å². The Morgan fingerprint density at radius 3 is 2.39 bits per heavy atom. The molecule has 5 nitrogen and oxygen atoms in total. The highest BCUT2D eigenvalue weighted by molar-refractivity contribution is 7.80. The van der Waals surface area contributed by atoms with Crippen molar-refractivity contribution in [3.8, 4) is 23.0 Å². The quantitative estimate of drug-likeness (QED) is 0.479. The van der Waals surface area contributed by atoms with Crippen molar-refractivity contribution in [2.45, 2.75) is 19.4 Å². The molecule has 4 rings (SSSR count). The molecule has 1 atom stereocenters. The minimum atomic E-state index is -0.0807. The monoisotopic (exact) mass is 434 g/mol. The third-order valence-electron chi connectivity index (χ3n) is 4.86. The van der Waals surface area contributed by atoms with Crippen LogP contribution in [0.15, 0.2) is 78.9 Å². The predicted octanol–water partition coefficient (Wildman–Crippen LogP) is 5.73. The molecule has 0 aromatic heterocycles. The topological polar surface area (TPSA) is 43.0 Å². The smallest absolute Gasteiger partial charge is 0.173 e. The van der Waals surface area contributed by atoms with Gasteiger partial charge in [-0.15, -0.1) is 0 Å². The van der Waals surface area contributed by atoms with Gasteiger partial charge in [0.1, 0.15) is 18.1 Å². The van der Waals surface area contributed by atoms with E-state index in [4.69, 9.17) is 26.4 Å². The van der Waals surface area contributed by atoms with Crippen LogP contribution in [0.5, 0.6) is 23.0 Å². The normalized spacial score (nSPS) is 14.5. The van der Waals surface area contributed by atoms with E-state index in [-0.39, 0.29) is 6.10 Å². The Bertz CT molecular complexity index is 995. The number of hydrogen-bond acceptors (Lipinski definition) is 4. The first-order chi connectivity index (χ1) is 15.2. The molecule has 0 spiro atoms. The van der Waals surface area contributed by atoms with Gasteiger partial charge in [-0.25, -0.2) is 0 Å². The molecule has 0 radical (unpaired) electrons. The van der Waals surface area contributed by atoms with Gasteiger partial charge in [0, 0.05) is 12.2 Å². The van der Waals surface area contributed by atoms with Crippen LogP contribution in [0.4, 0.5) is 5.69 Å². The van der Waals surface area contributed by atoms with Crippen molar-refractivity contribution in [1.29, 1.82) is 0 Å². The van der Waals surface area contributed by atoms with E-state index >= 15 is 0 Å². The first-order valence-electron chi connectivity index (χ1n) is 10.5. The van der Waals surface area contributed by atoms with E-state index in [0.717, 1.165) is 41.7 Å². The van der Waals surface area contributed by atoms with Gasteiger partial charge in [0.2, 0.25) is 0 Å². The van der Waals surface area contributed by atoms with Crippen molar-refractivity contribution in [3.63, 3.8) is 0 Å². The summed E-state index contributed by atoms with van der Waals surface area (Å²) in [6.45, 7) is 4.13. The molecule has 3 aromatic carbocycles. The van der Waals surface area contributed by atoms with Crippen molar-refractivity contribution in [3.05, 3.63) is 78.9 Å². The number of nitrogens with one attached hydrogen (secondary N) is 1. The average Bonchev–Trinajstić information content (AvgIpc) is 2.81. The van der Waals surface area contributed by atoms with Gasteiger partial charge in [0.05, 0.1) is 6.54 Å². The van der Waals surface area contributed by atoms with E-state index < -0.39 is 0 Å². The van der Waals surface area contributed by atoms with Crippen molar-refractivity contribution in [1.82, 2.24) is 4.90 Å². The second kappa shape index (κ2) is 10.2.